The highest BCUT2D eigenvalue weighted by molar-refractivity contribution is 5.84. The van der Waals surface area contributed by atoms with Gasteiger partial charge in [0.1, 0.15) is 0 Å². The minimum atomic E-state index is -1.55. The summed E-state index contributed by atoms with van der Waals surface area (Å²) < 4.78 is 6.02. The van der Waals surface area contributed by atoms with E-state index in [1.165, 1.54) is 29.3 Å². The minimum Gasteiger partial charge on any atom is -0.481 e. The number of hydrogen-bond donors (Lipinski definition) is 3. The molecule has 0 aromatic heterocycles. The molecule has 0 amide bonds. The summed E-state index contributed by atoms with van der Waals surface area (Å²) in [4.78, 5) is 39.7. The number of carbonyl (C=O) groups is 2. The molecule has 3 aromatic rings. The van der Waals surface area contributed by atoms with Crippen LogP contribution >= 0.6 is 0 Å². The maximum absolute atomic E-state index is 13.3. The molecule has 10 heteroatoms. The molecule has 2 aliphatic rings. The average Bonchev–Trinajstić information content (AvgIpc) is 3.10. The van der Waals surface area contributed by atoms with Crippen LogP contribution in [0.4, 0.5) is 5.69 Å². The minimum absolute atomic E-state index is 0.00221. The zero-order valence-electron chi connectivity index (χ0n) is 28.7. The Morgan fingerprint density at radius 3 is 2.02 bits per heavy atom. The van der Waals surface area contributed by atoms with Crippen LogP contribution in [0, 0.1) is 20.9 Å². The van der Waals surface area contributed by atoms with Gasteiger partial charge in [-0.3, -0.25) is 19.7 Å². The van der Waals surface area contributed by atoms with Gasteiger partial charge in [0, 0.05) is 55.3 Å². The first-order valence-electron chi connectivity index (χ1n) is 17.3. The van der Waals surface area contributed by atoms with E-state index >= 15 is 0 Å². The van der Waals surface area contributed by atoms with Crippen LogP contribution < -0.4 is 5.32 Å². The Kier molecular flexibility index (Phi) is 11.2. The zero-order valence-corrected chi connectivity index (χ0v) is 28.7. The fourth-order valence-electron chi connectivity index (χ4n) is 8.65. The number of piperidine rings is 2. The molecule has 0 aliphatic carbocycles. The summed E-state index contributed by atoms with van der Waals surface area (Å²) in [5.41, 5.74) is -0.241. The number of ether oxygens (including phenoxy) is 1. The summed E-state index contributed by atoms with van der Waals surface area (Å²) >= 11 is 0. The lowest BCUT2D eigenvalue weighted by Gasteiger charge is -2.56. The molecule has 0 radical (unpaired) electrons. The van der Waals surface area contributed by atoms with Crippen molar-refractivity contribution in [1.29, 1.82) is 0 Å². The van der Waals surface area contributed by atoms with E-state index in [1.807, 2.05) is 0 Å². The van der Waals surface area contributed by atoms with Crippen LogP contribution in [0.1, 0.15) is 75.5 Å². The number of nitrogens with one attached hydrogen (secondary N) is 1. The molecule has 0 spiro atoms. The van der Waals surface area contributed by atoms with Gasteiger partial charge >= 0.3 is 11.9 Å². The van der Waals surface area contributed by atoms with Gasteiger partial charge in [0.2, 0.25) is 0 Å². The predicted molar refractivity (Wildman–Crippen MR) is 188 cm³/mol. The number of nitro groups is 1. The third kappa shape index (κ3) is 7.00. The molecule has 49 heavy (non-hydrogen) atoms. The van der Waals surface area contributed by atoms with Crippen molar-refractivity contribution in [3.63, 3.8) is 0 Å². The summed E-state index contributed by atoms with van der Waals surface area (Å²) in [5, 5.41) is 36.2. The van der Waals surface area contributed by atoms with Gasteiger partial charge in [-0.2, -0.15) is 0 Å². The summed E-state index contributed by atoms with van der Waals surface area (Å²) in [7, 11) is 0. The summed E-state index contributed by atoms with van der Waals surface area (Å²) in [6.07, 6.45) is 3.45. The largest absolute Gasteiger partial charge is 0.481 e. The number of likely N-dealkylation sites (tertiary alicyclic amines) is 1. The Balaban J connectivity index is 1.20. The Morgan fingerprint density at radius 2 is 1.47 bits per heavy atom. The van der Waals surface area contributed by atoms with Crippen LogP contribution in [-0.4, -0.2) is 76.9 Å². The third-order valence-electron chi connectivity index (χ3n) is 11.6. The van der Waals surface area contributed by atoms with E-state index in [-0.39, 0.29) is 17.5 Å². The molecule has 5 unspecified atom stereocenters. The SMILES string of the molecule is CC1NC(C)C(CCCOCCCN2CCC(c3ccccc3)(c3ccccc3)CC2)(C(=O)O)C(c2cccc([N+](=O)[O-])c2)C1(C)C(=O)O. The van der Waals surface area contributed by atoms with Crippen molar-refractivity contribution in [3.8, 4) is 0 Å². The van der Waals surface area contributed by atoms with Gasteiger partial charge in [-0.1, -0.05) is 72.8 Å². The molecule has 2 aliphatic heterocycles. The normalized spacial score (nSPS) is 27.0. The van der Waals surface area contributed by atoms with Gasteiger partial charge < -0.3 is 25.2 Å². The van der Waals surface area contributed by atoms with Crippen LogP contribution in [0.2, 0.25) is 0 Å². The molecule has 0 saturated carbocycles. The topological polar surface area (TPSA) is 142 Å². The van der Waals surface area contributed by atoms with Gasteiger partial charge in [0.15, 0.2) is 0 Å². The van der Waals surface area contributed by atoms with Crippen molar-refractivity contribution >= 4 is 17.6 Å². The number of hydrogen-bond acceptors (Lipinski definition) is 7. The number of rotatable bonds is 14. The standard InChI is InChI=1S/C39H49N3O7/c1-28-37(3,35(43)44)34(30-13-10-18-33(27-30)42(47)48)39(36(45)46,29(2)40-28)19-11-25-49-26-12-22-41-23-20-38(21-24-41,31-14-6-4-7-15-31)32-16-8-5-9-17-32/h4-10,13-18,27-29,34,40H,11-12,19-26H2,1-3H3,(H,43,44)(H,45,46). The lowest BCUT2D eigenvalue weighted by atomic mass is 9.51. The summed E-state index contributed by atoms with van der Waals surface area (Å²) in [6, 6.07) is 26.1. The second-order valence-electron chi connectivity index (χ2n) is 14.1. The van der Waals surface area contributed by atoms with Gasteiger partial charge in [-0.25, -0.2) is 0 Å². The Bertz CT molecular complexity index is 1550. The molecular weight excluding hydrogens is 622 g/mol. The molecule has 262 valence electrons. The Hall–Kier alpha value is -4.12. The average molecular weight is 672 g/mol. The third-order valence-corrected chi connectivity index (χ3v) is 11.6. The van der Waals surface area contributed by atoms with Crippen molar-refractivity contribution in [2.45, 2.75) is 76.3 Å². The molecule has 2 saturated heterocycles. The van der Waals surface area contributed by atoms with Gasteiger partial charge in [-0.05, 0) is 82.7 Å². The number of carboxylic acid groups (broad SMARTS) is 2. The predicted octanol–water partition coefficient (Wildman–Crippen LogP) is 6.49. The fraction of sp³-hybridized carbons (Fsp3) is 0.487. The monoisotopic (exact) mass is 671 g/mol. The highest BCUT2D eigenvalue weighted by Crippen LogP contribution is 2.57. The van der Waals surface area contributed by atoms with E-state index in [0.717, 1.165) is 38.9 Å². The molecule has 3 N–H and O–H groups in total. The number of nitro benzene ring substituents is 1. The van der Waals surface area contributed by atoms with Crippen LogP contribution in [0.15, 0.2) is 84.9 Å². The first kappa shape index (κ1) is 36.2. The number of non-ortho nitro benzene ring substituents is 1. The van der Waals surface area contributed by atoms with E-state index in [2.05, 4.69) is 70.9 Å². The smallest absolute Gasteiger partial charge is 0.311 e. The number of carboxylic acids is 2. The first-order chi connectivity index (χ1) is 23.5. The molecule has 5 atom stereocenters. The molecule has 10 nitrogen and oxygen atoms in total. The van der Waals surface area contributed by atoms with Crippen molar-refractivity contribution in [2.24, 2.45) is 10.8 Å². The van der Waals surface area contributed by atoms with Crippen molar-refractivity contribution in [1.82, 2.24) is 10.2 Å². The number of nitrogens with zero attached hydrogens (tertiary/aromatic N) is 2. The summed E-state index contributed by atoms with van der Waals surface area (Å²) in [5.74, 6) is -3.31. The van der Waals surface area contributed by atoms with Crippen LogP contribution in [0.3, 0.4) is 0 Å². The first-order valence-corrected chi connectivity index (χ1v) is 17.3. The van der Waals surface area contributed by atoms with Gasteiger partial charge in [-0.15, -0.1) is 0 Å². The van der Waals surface area contributed by atoms with Gasteiger partial charge in [0.05, 0.1) is 15.8 Å². The quantitative estimate of drug-likeness (QED) is 0.0996. The van der Waals surface area contributed by atoms with Crippen molar-refractivity contribution in [3.05, 3.63) is 112 Å². The zero-order chi connectivity index (χ0) is 35.2. The second kappa shape index (κ2) is 15.2. The van der Waals surface area contributed by atoms with E-state index < -0.39 is 45.7 Å². The van der Waals surface area contributed by atoms with Crippen molar-refractivity contribution in [2.75, 3.05) is 32.8 Å². The van der Waals surface area contributed by atoms with E-state index in [4.69, 9.17) is 4.74 Å². The lowest BCUT2D eigenvalue weighted by Crippen LogP contribution is -2.68. The fourth-order valence-corrected chi connectivity index (χ4v) is 8.65. The lowest BCUT2D eigenvalue weighted by molar-refractivity contribution is -0.385. The highest BCUT2D eigenvalue weighted by atomic mass is 16.6. The Labute approximate surface area is 288 Å². The maximum atomic E-state index is 13.3. The van der Waals surface area contributed by atoms with Gasteiger partial charge in [0.25, 0.3) is 5.69 Å². The number of aliphatic carboxylic acids is 2. The molecule has 5 rings (SSSR count). The van der Waals surface area contributed by atoms with E-state index in [9.17, 15) is 29.9 Å². The second-order valence-corrected chi connectivity index (χ2v) is 14.1. The van der Waals surface area contributed by atoms with Crippen LogP contribution in [0.25, 0.3) is 0 Å². The Morgan fingerprint density at radius 1 is 0.878 bits per heavy atom. The highest BCUT2D eigenvalue weighted by Gasteiger charge is 2.64. The maximum Gasteiger partial charge on any atom is 0.311 e. The molecule has 2 heterocycles. The molecule has 2 fully saturated rings. The van der Waals surface area contributed by atoms with Crippen molar-refractivity contribution < 1.29 is 29.5 Å². The van der Waals surface area contributed by atoms with Crippen LogP contribution in [0.5, 0.6) is 0 Å². The van der Waals surface area contributed by atoms with E-state index in [0.29, 0.717) is 25.2 Å². The number of benzene rings is 3. The molecular formula is C39H49N3O7. The molecule has 3 aromatic carbocycles. The molecule has 0 bridgehead atoms. The summed E-state index contributed by atoms with van der Waals surface area (Å²) in [6.45, 7) is 8.77. The van der Waals surface area contributed by atoms with E-state index in [1.54, 1.807) is 26.8 Å². The van der Waals surface area contributed by atoms with Crippen LogP contribution in [-0.2, 0) is 19.7 Å².